The summed E-state index contributed by atoms with van der Waals surface area (Å²) in [6, 6.07) is 5.99. The number of rotatable bonds is 6. The average Bonchev–Trinajstić information content (AvgIpc) is 2.53. The van der Waals surface area contributed by atoms with E-state index in [9.17, 15) is 4.79 Å². The molecule has 2 heterocycles. The van der Waals surface area contributed by atoms with Crippen LogP contribution in [0.15, 0.2) is 24.4 Å². The zero-order chi connectivity index (χ0) is 15.9. The summed E-state index contributed by atoms with van der Waals surface area (Å²) in [6.45, 7) is 6.27. The van der Waals surface area contributed by atoms with Crippen molar-refractivity contribution < 1.29 is 9.53 Å². The number of pyridine rings is 1. The minimum atomic E-state index is -0.156. The molecule has 1 atom stereocenters. The number of likely N-dealkylation sites (N-methyl/N-ethyl adjacent to an activating group) is 1. The van der Waals surface area contributed by atoms with Gasteiger partial charge >= 0.3 is 0 Å². The van der Waals surface area contributed by atoms with Crippen LogP contribution in [0.3, 0.4) is 0 Å². The molecule has 1 aliphatic heterocycles. The van der Waals surface area contributed by atoms with Crippen LogP contribution in [0.4, 0.5) is 0 Å². The Balaban J connectivity index is 1.95. The number of carbonyl (C=O) groups is 1. The maximum Gasteiger partial charge on any atom is 0.240 e. The lowest BCUT2D eigenvalue weighted by Gasteiger charge is -2.32. The molecule has 1 fully saturated rings. The molecule has 0 spiro atoms. The molecule has 0 radical (unpaired) electrons. The number of carbonyl (C=O) groups excluding carboxylic acids is 1. The third-order valence-corrected chi connectivity index (χ3v) is 4.07. The lowest BCUT2D eigenvalue weighted by Crippen LogP contribution is -2.52. The van der Waals surface area contributed by atoms with Crippen molar-refractivity contribution in [2.45, 2.75) is 45.3 Å². The predicted octanol–water partition coefficient (Wildman–Crippen LogP) is 1.83. The van der Waals surface area contributed by atoms with Crippen LogP contribution in [0.5, 0.6) is 0 Å². The Morgan fingerprint density at radius 2 is 2.14 bits per heavy atom. The maximum absolute atomic E-state index is 12.8. The number of hydrogen-bond acceptors (Lipinski definition) is 4. The van der Waals surface area contributed by atoms with Crippen LogP contribution in [0.25, 0.3) is 0 Å². The number of nitrogens with zero attached hydrogens (tertiary/aromatic N) is 2. The summed E-state index contributed by atoms with van der Waals surface area (Å²) in [5, 5.41) is 3.53. The minimum absolute atomic E-state index is 0.132. The molecule has 1 saturated heterocycles. The number of hydrogen-bond donors (Lipinski definition) is 1. The molecule has 1 aromatic rings. The van der Waals surface area contributed by atoms with Crippen LogP contribution in [0, 0.1) is 5.92 Å². The van der Waals surface area contributed by atoms with Gasteiger partial charge in [-0.3, -0.25) is 9.78 Å². The fraction of sp³-hybridized carbons (Fsp3) is 0.647. The molecular formula is C17H27N3O2. The van der Waals surface area contributed by atoms with Crippen molar-refractivity contribution >= 4 is 5.91 Å². The van der Waals surface area contributed by atoms with Gasteiger partial charge in [-0.2, -0.15) is 0 Å². The first-order valence-corrected chi connectivity index (χ1v) is 8.06. The highest BCUT2D eigenvalue weighted by atomic mass is 16.5. The van der Waals surface area contributed by atoms with Gasteiger partial charge in [0, 0.05) is 32.5 Å². The zero-order valence-electron chi connectivity index (χ0n) is 13.8. The smallest absolute Gasteiger partial charge is 0.240 e. The van der Waals surface area contributed by atoms with E-state index in [0.29, 0.717) is 12.6 Å². The van der Waals surface area contributed by atoms with Gasteiger partial charge in [-0.05, 0) is 30.9 Å². The van der Waals surface area contributed by atoms with E-state index < -0.39 is 0 Å². The van der Waals surface area contributed by atoms with Crippen LogP contribution in [0.2, 0.25) is 0 Å². The van der Waals surface area contributed by atoms with E-state index in [1.165, 1.54) is 0 Å². The number of amides is 1. The molecule has 122 valence electrons. The van der Waals surface area contributed by atoms with Gasteiger partial charge < -0.3 is 15.0 Å². The summed E-state index contributed by atoms with van der Waals surface area (Å²) < 4.78 is 5.39. The quantitative estimate of drug-likeness (QED) is 0.871. The Morgan fingerprint density at radius 1 is 1.41 bits per heavy atom. The first-order chi connectivity index (χ1) is 10.6. The second kappa shape index (κ2) is 8.25. The Bertz CT molecular complexity index is 458. The molecule has 1 N–H and O–H groups in total. The van der Waals surface area contributed by atoms with E-state index in [-0.39, 0.29) is 17.9 Å². The summed E-state index contributed by atoms with van der Waals surface area (Å²) >= 11 is 0. The fourth-order valence-corrected chi connectivity index (χ4v) is 2.72. The van der Waals surface area contributed by atoms with Crippen molar-refractivity contribution in [3.8, 4) is 0 Å². The van der Waals surface area contributed by atoms with Crippen molar-refractivity contribution in [2.24, 2.45) is 5.92 Å². The van der Waals surface area contributed by atoms with Crippen molar-refractivity contribution in [3.63, 3.8) is 0 Å². The highest BCUT2D eigenvalue weighted by molar-refractivity contribution is 5.82. The first-order valence-electron chi connectivity index (χ1n) is 8.06. The topological polar surface area (TPSA) is 54.5 Å². The monoisotopic (exact) mass is 305 g/mol. The van der Waals surface area contributed by atoms with E-state index >= 15 is 0 Å². The molecule has 1 aliphatic rings. The molecule has 22 heavy (non-hydrogen) atoms. The number of nitrogens with one attached hydrogen (secondary N) is 1. The second-order valence-corrected chi connectivity index (χ2v) is 6.29. The Morgan fingerprint density at radius 3 is 2.73 bits per heavy atom. The summed E-state index contributed by atoms with van der Waals surface area (Å²) in [5.41, 5.74) is 0.909. The number of ether oxygens (including phenoxy) is 1. The van der Waals surface area contributed by atoms with Gasteiger partial charge in [0.15, 0.2) is 0 Å². The van der Waals surface area contributed by atoms with E-state index in [2.05, 4.69) is 24.1 Å². The average molecular weight is 305 g/mol. The number of aromatic nitrogens is 1. The van der Waals surface area contributed by atoms with Crippen molar-refractivity contribution in [2.75, 3.05) is 20.3 Å². The molecule has 0 saturated carbocycles. The third kappa shape index (κ3) is 4.78. The molecule has 2 rings (SSSR count). The van der Waals surface area contributed by atoms with Gasteiger partial charge in [-0.15, -0.1) is 0 Å². The summed E-state index contributed by atoms with van der Waals surface area (Å²) in [6.07, 6.45) is 3.70. The fourth-order valence-electron chi connectivity index (χ4n) is 2.72. The SMILES string of the molecule is CC(C)C(NC1CCOCC1)C(=O)N(C)Cc1ccccn1. The van der Waals surface area contributed by atoms with Crippen LogP contribution in [-0.4, -0.2) is 48.1 Å². The molecule has 0 aromatic carbocycles. The maximum atomic E-state index is 12.8. The van der Waals surface area contributed by atoms with Gasteiger partial charge in [-0.1, -0.05) is 19.9 Å². The van der Waals surface area contributed by atoms with Crippen LogP contribution in [-0.2, 0) is 16.1 Å². The lowest BCUT2D eigenvalue weighted by atomic mass is 9.99. The molecular weight excluding hydrogens is 278 g/mol. The molecule has 1 amide bonds. The van der Waals surface area contributed by atoms with Crippen LogP contribution >= 0.6 is 0 Å². The molecule has 1 aromatic heterocycles. The third-order valence-electron chi connectivity index (χ3n) is 4.07. The predicted molar refractivity (Wildman–Crippen MR) is 86.3 cm³/mol. The van der Waals surface area contributed by atoms with E-state index in [4.69, 9.17) is 4.74 Å². The highest BCUT2D eigenvalue weighted by Gasteiger charge is 2.28. The van der Waals surface area contributed by atoms with Gasteiger partial charge in [0.2, 0.25) is 5.91 Å². The van der Waals surface area contributed by atoms with Crippen molar-refractivity contribution in [1.29, 1.82) is 0 Å². The summed E-state index contributed by atoms with van der Waals surface area (Å²) in [5.74, 6) is 0.383. The first kappa shape index (κ1) is 16.9. The lowest BCUT2D eigenvalue weighted by molar-refractivity contribution is -0.134. The molecule has 0 aliphatic carbocycles. The summed E-state index contributed by atoms with van der Waals surface area (Å²) in [7, 11) is 1.85. The van der Waals surface area contributed by atoms with Gasteiger partial charge in [0.1, 0.15) is 0 Å². The van der Waals surface area contributed by atoms with E-state index in [1.807, 2.05) is 25.2 Å². The van der Waals surface area contributed by atoms with Crippen molar-refractivity contribution in [1.82, 2.24) is 15.2 Å². The van der Waals surface area contributed by atoms with Crippen LogP contribution in [0.1, 0.15) is 32.4 Å². The van der Waals surface area contributed by atoms with E-state index in [0.717, 1.165) is 31.7 Å². The molecule has 5 heteroatoms. The van der Waals surface area contributed by atoms with Crippen LogP contribution < -0.4 is 5.32 Å². The molecule has 0 bridgehead atoms. The largest absolute Gasteiger partial charge is 0.381 e. The van der Waals surface area contributed by atoms with Gasteiger partial charge in [0.05, 0.1) is 18.3 Å². The summed E-state index contributed by atoms with van der Waals surface area (Å²) in [4.78, 5) is 18.8. The van der Waals surface area contributed by atoms with Gasteiger partial charge in [0.25, 0.3) is 0 Å². The Kier molecular flexibility index (Phi) is 6.34. The van der Waals surface area contributed by atoms with Gasteiger partial charge in [-0.25, -0.2) is 0 Å². The second-order valence-electron chi connectivity index (χ2n) is 6.29. The normalized spacial score (nSPS) is 17.5. The molecule has 1 unspecified atom stereocenters. The Labute approximate surface area is 133 Å². The Hall–Kier alpha value is -1.46. The van der Waals surface area contributed by atoms with Crippen molar-refractivity contribution in [3.05, 3.63) is 30.1 Å². The highest BCUT2D eigenvalue weighted by Crippen LogP contribution is 2.13. The zero-order valence-corrected chi connectivity index (χ0v) is 13.8. The molecule has 5 nitrogen and oxygen atoms in total. The van der Waals surface area contributed by atoms with E-state index in [1.54, 1.807) is 11.1 Å². The standard InChI is InChI=1S/C17H27N3O2/c1-13(2)16(19-14-7-10-22-11-8-14)17(21)20(3)12-15-6-4-5-9-18-15/h4-6,9,13-14,16,19H,7-8,10-12H2,1-3H3. The minimum Gasteiger partial charge on any atom is -0.381 e.